The summed E-state index contributed by atoms with van der Waals surface area (Å²) in [6, 6.07) is 14.9. The number of rotatable bonds is 4. The van der Waals surface area contributed by atoms with Crippen LogP contribution in [-0.2, 0) is 16.1 Å². The summed E-state index contributed by atoms with van der Waals surface area (Å²) in [5.74, 6) is -0.505. The largest absolute Gasteiger partial charge is 0.338 e. The van der Waals surface area contributed by atoms with Gasteiger partial charge in [-0.15, -0.1) is 0 Å². The molecule has 2 aromatic carbocycles. The molecule has 0 N–H and O–H groups in total. The Morgan fingerprint density at radius 1 is 1.17 bits per heavy atom. The normalized spacial score (nSPS) is 16.4. The van der Waals surface area contributed by atoms with Crippen molar-refractivity contribution in [3.05, 3.63) is 65.1 Å². The van der Waals surface area contributed by atoms with Crippen molar-refractivity contribution in [3.63, 3.8) is 0 Å². The van der Waals surface area contributed by atoms with Gasteiger partial charge in [-0.25, -0.2) is 9.97 Å². The molecule has 0 saturated carbocycles. The van der Waals surface area contributed by atoms with E-state index in [-0.39, 0.29) is 18.4 Å². The van der Waals surface area contributed by atoms with E-state index in [1.165, 1.54) is 4.90 Å². The third-order valence-corrected chi connectivity index (χ3v) is 5.49. The van der Waals surface area contributed by atoms with Gasteiger partial charge in [0, 0.05) is 35.4 Å². The SMILES string of the molecule is Cc1nc(CN(C)C(=O)C2CCN(c3ccc(Cl)cc3)C2=O)nc2ccccc12. The van der Waals surface area contributed by atoms with E-state index in [1.807, 2.05) is 31.2 Å². The first-order valence-corrected chi connectivity index (χ1v) is 9.86. The molecule has 0 spiro atoms. The van der Waals surface area contributed by atoms with Crippen LogP contribution in [0, 0.1) is 12.8 Å². The zero-order valence-corrected chi connectivity index (χ0v) is 17.1. The lowest BCUT2D eigenvalue weighted by Gasteiger charge is -2.21. The van der Waals surface area contributed by atoms with Gasteiger partial charge in [0.05, 0.1) is 12.1 Å². The van der Waals surface area contributed by atoms with Crippen molar-refractivity contribution in [2.45, 2.75) is 19.9 Å². The van der Waals surface area contributed by atoms with Crippen LogP contribution in [0.1, 0.15) is 17.9 Å². The van der Waals surface area contributed by atoms with Crippen molar-refractivity contribution in [2.75, 3.05) is 18.5 Å². The lowest BCUT2D eigenvalue weighted by atomic mass is 10.1. The predicted octanol–water partition coefficient (Wildman–Crippen LogP) is 3.60. The molecule has 29 heavy (non-hydrogen) atoms. The topological polar surface area (TPSA) is 66.4 Å². The third-order valence-electron chi connectivity index (χ3n) is 5.24. The maximum Gasteiger partial charge on any atom is 0.239 e. The van der Waals surface area contributed by atoms with Crippen LogP contribution >= 0.6 is 11.6 Å². The first-order valence-electron chi connectivity index (χ1n) is 9.48. The van der Waals surface area contributed by atoms with Crippen molar-refractivity contribution in [1.29, 1.82) is 0 Å². The van der Waals surface area contributed by atoms with E-state index < -0.39 is 5.92 Å². The smallest absolute Gasteiger partial charge is 0.239 e. The fourth-order valence-electron chi connectivity index (χ4n) is 3.71. The van der Waals surface area contributed by atoms with Crippen LogP contribution in [0.15, 0.2) is 48.5 Å². The number of hydrogen-bond acceptors (Lipinski definition) is 4. The molecule has 1 aliphatic heterocycles. The summed E-state index contributed by atoms with van der Waals surface area (Å²) < 4.78 is 0. The third kappa shape index (κ3) is 3.80. The maximum absolute atomic E-state index is 12.9. The van der Waals surface area contributed by atoms with Crippen molar-refractivity contribution < 1.29 is 9.59 Å². The summed E-state index contributed by atoms with van der Waals surface area (Å²) in [6.07, 6.45) is 0.488. The minimum absolute atomic E-state index is 0.181. The number of para-hydroxylation sites is 1. The summed E-state index contributed by atoms with van der Waals surface area (Å²) in [5.41, 5.74) is 2.48. The van der Waals surface area contributed by atoms with Crippen molar-refractivity contribution in [2.24, 2.45) is 5.92 Å². The number of hydrogen-bond donors (Lipinski definition) is 0. The van der Waals surface area contributed by atoms with Gasteiger partial charge in [0.1, 0.15) is 11.7 Å². The fraction of sp³-hybridized carbons (Fsp3) is 0.273. The van der Waals surface area contributed by atoms with Gasteiger partial charge in [0.15, 0.2) is 0 Å². The molecule has 7 heteroatoms. The summed E-state index contributed by atoms with van der Waals surface area (Å²) in [5, 5.41) is 1.60. The number of halogens is 1. The average Bonchev–Trinajstić information content (AvgIpc) is 3.09. The van der Waals surface area contributed by atoms with Gasteiger partial charge in [0.2, 0.25) is 11.8 Å². The molecule has 3 aromatic rings. The van der Waals surface area contributed by atoms with Gasteiger partial charge in [-0.2, -0.15) is 0 Å². The lowest BCUT2D eigenvalue weighted by Crippen LogP contribution is -2.38. The Morgan fingerprint density at radius 3 is 2.66 bits per heavy atom. The molecule has 6 nitrogen and oxygen atoms in total. The highest BCUT2D eigenvalue weighted by atomic mass is 35.5. The van der Waals surface area contributed by atoms with Crippen LogP contribution in [0.25, 0.3) is 10.9 Å². The molecule has 148 valence electrons. The monoisotopic (exact) mass is 408 g/mol. The Balaban J connectivity index is 1.48. The quantitative estimate of drug-likeness (QED) is 0.618. The highest BCUT2D eigenvalue weighted by molar-refractivity contribution is 6.30. The summed E-state index contributed by atoms with van der Waals surface area (Å²) >= 11 is 5.92. The Bertz CT molecular complexity index is 1080. The van der Waals surface area contributed by atoms with Crippen LogP contribution in [0.2, 0.25) is 5.02 Å². The second kappa shape index (κ2) is 7.79. The Kier molecular flexibility index (Phi) is 5.20. The van der Waals surface area contributed by atoms with E-state index in [0.29, 0.717) is 23.8 Å². The number of fused-ring (bicyclic) bond motifs is 1. The zero-order valence-electron chi connectivity index (χ0n) is 16.3. The standard InChI is InChI=1S/C22H21ClN4O2/c1-14-17-5-3-4-6-19(17)25-20(24-14)13-26(2)21(28)18-11-12-27(22(18)29)16-9-7-15(23)8-10-16/h3-10,18H,11-13H2,1-2H3. The average molecular weight is 409 g/mol. The minimum atomic E-state index is -0.683. The van der Waals surface area contributed by atoms with Gasteiger partial charge >= 0.3 is 0 Å². The molecular weight excluding hydrogens is 388 g/mol. The second-order valence-corrected chi connectivity index (χ2v) is 7.68. The van der Waals surface area contributed by atoms with Gasteiger partial charge in [0.25, 0.3) is 0 Å². The van der Waals surface area contributed by atoms with Gasteiger partial charge in [-0.05, 0) is 43.7 Å². The van der Waals surface area contributed by atoms with Gasteiger partial charge in [-0.1, -0.05) is 29.8 Å². The molecule has 0 radical (unpaired) electrons. The first kappa shape index (κ1) is 19.3. The molecule has 4 rings (SSSR count). The van der Waals surface area contributed by atoms with E-state index >= 15 is 0 Å². The van der Waals surface area contributed by atoms with Crippen LogP contribution in [0.4, 0.5) is 5.69 Å². The van der Waals surface area contributed by atoms with Crippen LogP contribution in [-0.4, -0.2) is 40.3 Å². The molecule has 2 heterocycles. The molecule has 1 unspecified atom stereocenters. The van der Waals surface area contributed by atoms with Crippen LogP contribution < -0.4 is 4.90 Å². The molecule has 1 aromatic heterocycles. The highest BCUT2D eigenvalue weighted by Crippen LogP contribution is 2.27. The highest BCUT2D eigenvalue weighted by Gasteiger charge is 2.39. The number of nitrogens with zero attached hydrogens (tertiary/aromatic N) is 4. The fourth-order valence-corrected chi connectivity index (χ4v) is 3.83. The summed E-state index contributed by atoms with van der Waals surface area (Å²) in [7, 11) is 1.69. The van der Waals surface area contributed by atoms with Gasteiger partial charge in [-0.3, -0.25) is 9.59 Å². The Labute approximate surface area is 174 Å². The second-order valence-electron chi connectivity index (χ2n) is 7.24. The molecule has 0 bridgehead atoms. The molecular formula is C22H21ClN4O2. The lowest BCUT2D eigenvalue weighted by molar-refractivity contribution is -0.139. The number of carbonyl (C=O) groups excluding carboxylic acids is 2. The number of anilines is 1. The first-order chi connectivity index (χ1) is 13.9. The summed E-state index contributed by atoms with van der Waals surface area (Å²) in [4.78, 5) is 38.0. The van der Waals surface area contributed by atoms with Crippen molar-refractivity contribution >= 4 is 40.0 Å². The Morgan fingerprint density at radius 2 is 1.90 bits per heavy atom. The van der Waals surface area contributed by atoms with E-state index in [4.69, 9.17) is 11.6 Å². The molecule has 1 saturated heterocycles. The van der Waals surface area contributed by atoms with Crippen molar-refractivity contribution in [3.8, 4) is 0 Å². The number of aromatic nitrogens is 2. The molecule has 1 aliphatic rings. The number of amides is 2. The minimum Gasteiger partial charge on any atom is -0.338 e. The molecule has 0 aliphatic carbocycles. The van der Waals surface area contributed by atoms with E-state index in [1.54, 1.807) is 36.2 Å². The molecule has 1 fully saturated rings. The predicted molar refractivity (Wildman–Crippen MR) is 113 cm³/mol. The number of carbonyl (C=O) groups is 2. The number of benzene rings is 2. The van der Waals surface area contributed by atoms with E-state index in [2.05, 4.69) is 9.97 Å². The van der Waals surface area contributed by atoms with Crippen molar-refractivity contribution in [1.82, 2.24) is 14.9 Å². The van der Waals surface area contributed by atoms with Crippen LogP contribution in [0.5, 0.6) is 0 Å². The summed E-state index contributed by atoms with van der Waals surface area (Å²) in [6.45, 7) is 2.70. The van der Waals surface area contributed by atoms with Crippen LogP contribution in [0.3, 0.4) is 0 Å². The number of aryl methyl sites for hydroxylation is 1. The Hall–Kier alpha value is -2.99. The van der Waals surface area contributed by atoms with E-state index in [0.717, 1.165) is 22.3 Å². The molecule has 1 atom stereocenters. The zero-order chi connectivity index (χ0) is 20.5. The maximum atomic E-state index is 12.9. The van der Waals surface area contributed by atoms with Gasteiger partial charge < -0.3 is 9.80 Å². The van der Waals surface area contributed by atoms with E-state index in [9.17, 15) is 9.59 Å². The molecule has 2 amide bonds.